The Balaban J connectivity index is 1.48. The molecular weight excluding hydrogens is 292 g/mol. The van der Waals surface area contributed by atoms with Gasteiger partial charge in [-0.25, -0.2) is 4.79 Å². The van der Waals surface area contributed by atoms with Crippen LogP contribution >= 0.6 is 0 Å². The Kier molecular flexibility index (Phi) is 4.74. The van der Waals surface area contributed by atoms with Crippen LogP contribution in [0.3, 0.4) is 0 Å². The number of fused-ring (bicyclic) bond motifs is 1. The van der Waals surface area contributed by atoms with Crippen LogP contribution in [0.2, 0.25) is 0 Å². The van der Waals surface area contributed by atoms with Crippen LogP contribution in [0, 0.1) is 0 Å². The normalized spacial score (nSPS) is 12.9. The molecule has 0 radical (unpaired) electrons. The maximum Gasteiger partial charge on any atom is 0.331 e. The number of carbonyl (C=O) groups excluding carboxylic acids is 1. The molecule has 0 saturated heterocycles. The quantitative estimate of drug-likeness (QED) is 0.624. The van der Waals surface area contributed by atoms with E-state index in [1.165, 1.54) is 6.08 Å². The highest BCUT2D eigenvalue weighted by atomic mass is 16.7. The first-order valence-electron chi connectivity index (χ1n) is 7.27. The first kappa shape index (κ1) is 14.9. The summed E-state index contributed by atoms with van der Waals surface area (Å²) in [5.41, 5.74) is 1.92. The third kappa shape index (κ3) is 4.23. The Hall–Kier alpha value is -3.01. The lowest BCUT2D eigenvalue weighted by Gasteiger charge is -1.99. The molecule has 0 aromatic heterocycles. The second-order valence-corrected chi connectivity index (χ2v) is 4.89. The van der Waals surface area contributed by atoms with E-state index in [1.54, 1.807) is 6.08 Å². The molecule has 0 N–H and O–H groups in total. The van der Waals surface area contributed by atoms with E-state index in [1.807, 2.05) is 60.7 Å². The van der Waals surface area contributed by atoms with Gasteiger partial charge in [-0.2, -0.15) is 0 Å². The SMILES string of the molecule is O=C(/C=C/c1ccc2c(c1)OCO2)OC/C=C\c1ccccc1. The first-order valence-corrected chi connectivity index (χ1v) is 7.27. The van der Waals surface area contributed by atoms with Crippen LogP contribution in [0.15, 0.2) is 60.7 Å². The minimum atomic E-state index is -0.389. The Morgan fingerprint density at radius 3 is 2.70 bits per heavy atom. The maximum absolute atomic E-state index is 11.7. The molecule has 2 aromatic carbocycles. The molecule has 116 valence electrons. The van der Waals surface area contributed by atoms with Crippen LogP contribution in [0.5, 0.6) is 11.5 Å². The van der Waals surface area contributed by atoms with Crippen molar-refractivity contribution in [1.29, 1.82) is 0 Å². The van der Waals surface area contributed by atoms with Gasteiger partial charge >= 0.3 is 5.97 Å². The highest BCUT2D eigenvalue weighted by molar-refractivity contribution is 5.87. The van der Waals surface area contributed by atoms with Gasteiger partial charge in [0.15, 0.2) is 11.5 Å². The molecule has 1 heterocycles. The Morgan fingerprint density at radius 2 is 1.83 bits per heavy atom. The second kappa shape index (κ2) is 7.31. The fraction of sp³-hybridized carbons (Fsp3) is 0.105. The van der Waals surface area contributed by atoms with Crippen LogP contribution in [-0.2, 0) is 9.53 Å². The number of hydrogen-bond acceptors (Lipinski definition) is 4. The molecule has 0 fully saturated rings. The molecule has 4 heteroatoms. The molecule has 0 bridgehead atoms. The summed E-state index contributed by atoms with van der Waals surface area (Å²) in [6, 6.07) is 15.3. The van der Waals surface area contributed by atoms with Crippen LogP contribution < -0.4 is 9.47 Å². The number of carbonyl (C=O) groups is 1. The smallest absolute Gasteiger partial charge is 0.331 e. The second-order valence-electron chi connectivity index (χ2n) is 4.89. The van der Waals surface area contributed by atoms with E-state index in [9.17, 15) is 4.79 Å². The van der Waals surface area contributed by atoms with Gasteiger partial charge in [0.05, 0.1) is 0 Å². The fourth-order valence-electron chi connectivity index (χ4n) is 2.11. The predicted octanol–water partition coefficient (Wildman–Crippen LogP) is 3.69. The third-order valence-electron chi connectivity index (χ3n) is 3.24. The Labute approximate surface area is 134 Å². The molecule has 0 atom stereocenters. The highest BCUT2D eigenvalue weighted by Gasteiger charge is 2.12. The maximum atomic E-state index is 11.7. The zero-order valence-corrected chi connectivity index (χ0v) is 12.5. The lowest BCUT2D eigenvalue weighted by molar-refractivity contribution is -0.136. The van der Waals surface area contributed by atoms with E-state index < -0.39 is 0 Å². The van der Waals surface area contributed by atoms with Crippen molar-refractivity contribution in [3.05, 3.63) is 71.8 Å². The largest absolute Gasteiger partial charge is 0.458 e. The van der Waals surface area contributed by atoms with Crippen molar-refractivity contribution in [2.45, 2.75) is 0 Å². The van der Waals surface area contributed by atoms with Gasteiger partial charge in [-0.3, -0.25) is 0 Å². The summed E-state index contributed by atoms with van der Waals surface area (Å²) < 4.78 is 15.6. The van der Waals surface area contributed by atoms with Gasteiger partial charge in [0, 0.05) is 6.08 Å². The van der Waals surface area contributed by atoms with E-state index >= 15 is 0 Å². The van der Waals surface area contributed by atoms with Gasteiger partial charge in [-0.1, -0.05) is 42.5 Å². The number of rotatable bonds is 5. The third-order valence-corrected chi connectivity index (χ3v) is 3.24. The lowest BCUT2D eigenvalue weighted by Crippen LogP contribution is -1.99. The number of ether oxygens (including phenoxy) is 3. The minimum Gasteiger partial charge on any atom is -0.458 e. The monoisotopic (exact) mass is 308 g/mol. The van der Waals surface area contributed by atoms with E-state index in [-0.39, 0.29) is 19.4 Å². The van der Waals surface area contributed by atoms with Gasteiger partial charge in [0.25, 0.3) is 0 Å². The highest BCUT2D eigenvalue weighted by Crippen LogP contribution is 2.32. The minimum absolute atomic E-state index is 0.234. The average molecular weight is 308 g/mol. The van der Waals surface area contributed by atoms with Crippen LogP contribution in [-0.4, -0.2) is 19.4 Å². The summed E-state index contributed by atoms with van der Waals surface area (Å²) in [4.78, 5) is 11.7. The van der Waals surface area contributed by atoms with Gasteiger partial charge < -0.3 is 14.2 Å². The number of benzene rings is 2. The molecule has 23 heavy (non-hydrogen) atoms. The molecule has 0 spiro atoms. The molecule has 2 aromatic rings. The zero-order chi connectivity index (χ0) is 15.9. The van der Waals surface area contributed by atoms with Crippen molar-refractivity contribution in [2.24, 2.45) is 0 Å². The van der Waals surface area contributed by atoms with Gasteiger partial charge in [-0.15, -0.1) is 0 Å². The first-order chi connectivity index (χ1) is 11.3. The zero-order valence-electron chi connectivity index (χ0n) is 12.5. The summed E-state index contributed by atoms with van der Waals surface area (Å²) in [5.74, 6) is 1.02. The number of hydrogen-bond donors (Lipinski definition) is 0. The van der Waals surface area contributed by atoms with Crippen LogP contribution in [0.1, 0.15) is 11.1 Å². The standard InChI is InChI=1S/C19H16O4/c20-19(21-12-4-7-15-5-2-1-3-6-15)11-9-16-8-10-17-18(13-16)23-14-22-17/h1-11,13H,12,14H2/b7-4-,11-9+. The van der Waals surface area contributed by atoms with Crippen molar-refractivity contribution in [2.75, 3.05) is 13.4 Å². The van der Waals surface area contributed by atoms with Crippen molar-refractivity contribution < 1.29 is 19.0 Å². The molecule has 1 aliphatic heterocycles. The van der Waals surface area contributed by atoms with Crippen molar-refractivity contribution in [1.82, 2.24) is 0 Å². The average Bonchev–Trinajstić information content (AvgIpc) is 3.05. The van der Waals surface area contributed by atoms with Gasteiger partial charge in [-0.05, 0) is 35.4 Å². The van der Waals surface area contributed by atoms with Crippen molar-refractivity contribution in [3.8, 4) is 11.5 Å². The van der Waals surface area contributed by atoms with Crippen LogP contribution in [0.4, 0.5) is 0 Å². The molecule has 0 unspecified atom stereocenters. The molecule has 4 nitrogen and oxygen atoms in total. The molecule has 0 saturated carbocycles. The summed E-state index contributed by atoms with van der Waals surface area (Å²) in [7, 11) is 0. The summed E-state index contributed by atoms with van der Waals surface area (Å²) in [6.45, 7) is 0.470. The summed E-state index contributed by atoms with van der Waals surface area (Å²) >= 11 is 0. The van der Waals surface area contributed by atoms with E-state index in [4.69, 9.17) is 14.2 Å². The molecule has 0 amide bonds. The lowest BCUT2D eigenvalue weighted by atomic mass is 10.2. The Bertz CT molecular complexity index is 732. The Morgan fingerprint density at radius 1 is 1.00 bits per heavy atom. The predicted molar refractivity (Wildman–Crippen MR) is 88.0 cm³/mol. The van der Waals surface area contributed by atoms with Crippen molar-refractivity contribution in [3.63, 3.8) is 0 Å². The van der Waals surface area contributed by atoms with Crippen molar-refractivity contribution >= 4 is 18.1 Å². The molecule has 0 aliphatic carbocycles. The van der Waals surface area contributed by atoms with Gasteiger partial charge in [0.2, 0.25) is 6.79 Å². The van der Waals surface area contributed by atoms with E-state index in [2.05, 4.69) is 0 Å². The molecular formula is C19H16O4. The summed E-state index contributed by atoms with van der Waals surface area (Å²) in [6.07, 6.45) is 6.80. The fourth-order valence-corrected chi connectivity index (χ4v) is 2.11. The summed E-state index contributed by atoms with van der Waals surface area (Å²) in [5, 5.41) is 0. The topological polar surface area (TPSA) is 44.8 Å². The van der Waals surface area contributed by atoms with Crippen LogP contribution in [0.25, 0.3) is 12.2 Å². The molecule has 3 rings (SSSR count). The van der Waals surface area contributed by atoms with E-state index in [0.29, 0.717) is 5.75 Å². The number of esters is 1. The van der Waals surface area contributed by atoms with Gasteiger partial charge in [0.1, 0.15) is 6.61 Å². The van der Waals surface area contributed by atoms with E-state index in [0.717, 1.165) is 16.9 Å². The molecule has 1 aliphatic rings.